The Morgan fingerprint density at radius 1 is 1.46 bits per heavy atom. The lowest BCUT2D eigenvalue weighted by molar-refractivity contribution is -0.134. The number of amides is 1. The molecule has 1 heterocycles. The van der Waals surface area contributed by atoms with Gasteiger partial charge in [-0.05, 0) is 6.26 Å². The minimum absolute atomic E-state index is 0.196. The van der Waals surface area contributed by atoms with Crippen LogP contribution in [0.4, 0.5) is 0 Å². The third-order valence-electron chi connectivity index (χ3n) is 2.19. The van der Waals surface area contributed by atoms with Gasteiger partial charge < -0.3 is 4.90 Å². The fourth-order valence-electron chi connectivity index (χ4n) is 1.35. The summed E-state index contributed by atoms with van der Waals surface area (Å²) in [4.78, 5) is 24.2. The Labute approximate surface area is 82.9 Å². The maximum Gasteiger partial charge on any atom is 0.223 e. The smallest absolute Gasteiger partial charge is 0.223 e. The van der Waals surface area contributed by atoms with Crippen LogP contribution in [-0.2, 0) is 9.59 Å². The topological polar surface area (TPSA) is 37.4 Å². The van der Waals surface area contributed by atoms with Crippen molar-refractivity contribution in [1.82, 2.24) is 4.90 Å². The molecular weight excluding hydrogens is 186 g/mol. The Morgan fingerprint density at radius 3 is 2.62 bits per heavy atom. The van der Waals surface area contributed by atoms with Crippen LogP contribution < -0.4 is 0 Å². The van der Waals surface area contributed by atoms with Crippen LogP contribution in [0.3, 0.4) is 0 Å². The van der Waals surface area contributed by atoms with Gasteiger partial charge in [0.1, 0.15) is 5.78 Å². The second-order valence-corrected chi connectivity index (χ2v) is 4.15. The summed E-state index contributed by atoms with van der Waals surface area (Å²) in [6.07, 6.45) is 3.69. The molecule has 1 rings (SSSR count). The second kappa shape index (κ2) is 5.27. The summed E-state index contributed by atoms with van der Waals surface area (Å²) in [6.45, 7) is 1.26. The van der Waals surface area contributed by atoms with Crippen molar-refractivity contribution >= 4 is 23.5 Å². The summed E-state index contributed by atoms with van der Waals surface area (Å²) in [5.74, 6) is 1.36. The molecule has 0 aliphatic carbocycles. The molecule has 3 nitrogen and oxygen atoms in total. The highest BCUT2D eigenvalue weighted by molar-refractivity contribution is 7.98. The van der Waals surface area contributed by atoms with Gasteiger partial charge in [-0.2, -0.15) is 11.8 Å². The first-order valence-electron chi connectivity index (χ1n) is 4.52. The number of hydrogen-bond acceptors (Lipinski definition) is 3. The lowest BCUT2D eigenvalue weighted by Gasteiger charge is -2.25. The van der Waals surface area contributed by atoms with Gasteiger partial charge in [0.15, 0.2) is 0 Å². The molecule has 1 fully saturated rings. The van der Waals surface area contributed by atoms with E-state index in [-0.39, 0.29) is 11.7 Å². The predicted molar refractivity (Wildman–Crippen MR) is 53.8 cm³/mol. The number of carbonyl (C=O) groups is 2. The molecule has 0 bridgehead atoms. The average Bonchev–Trinajstić information content (AvgIpc) is 2.15. The van der Waals surface area contributed by atoms with Gasteiger partial charge in [-0.15, -0.1) is 0 Å². The molecule has 0 aromatic rings. The van der Waals surface area contributed by atoms with Crippen molar-refractivity contribution in [1.29, 1.82) is 0 Å². The van der Waals surface area contributed by atoms with E-state index >= 15 is 0 Å². The van der Waals surface area contributed by atoms with E-state index in [0.29, 0.717) is 32.4 Å². The molecule has 0 radical (unpaired) electrons. The van der Waals surface area contributed by atoms with Gasteiger partial charge in [-0.1, -0.05) is 0 Å². The third-order valence-corrected chi connectivity index (χ3v) is 2.81. The number of nitrogens with zero attached hydrogens (tertiary/aromatic N) is 1. The van der Waals surface area contributed by atoms with Crippen molar-refractivity contribution in [2.75, 3.05) is 25.1 Å². The van der Waals surface area contributed by atoms with E-state index in [2.05, 4.69) is 0 Å². The fourth-order valence-corrected chi connectivity index (χ4v) is 1.73. The molecule has 0 unspecified atom stereocenters. The third kappa shape index (κ3) is 3.38. The highest BCUT2D eigenvalue weighted by Gasteiger charge is 2.19. The zero-order valence-corrected chi connectivity index (χ0v) is 8.73. The summed E-state index contributed by atoms with van der Waals surface area (Å²) in [5.41, 5.74) is 0. The summed E-state index contributed by atoms with van der Waals surface area (Å²) in [6, 6.07) is 0. The highest BCUT2D eigenvalue weighted by Crippen LogP contribution is 2.08. The van der Waals surface area contributed by atoms with E-state index in [1.807, 2.05) is 6.26 Å². The molecule has 0 saturated carbocycles. The number of rotatable bonds is 3. The lowest BCUT2D eigenvalue weighted by atomic mass is 10.1. The Kier molecular flexibility index (Phi) is 4.28. The first-order chi connectivity index (χ1) is 6.24. The van der Waals surface area contributed by atoms with Crippen molar-refractivity contribution < 1.29 is 9.59 Å². The zero-order chi connectivity index (χ0) is 9.68. The summed E-state index contributed by atoms with van der Waals surface area (Å²) < 4.78 is 0. The first-order valence-corrected chi connectivity index (χ1v) is 5.92. The summed E-state index contributed by atoms with van der Waals surface area (Å²) >= 11 is 1.68. The Balaban J connectivity index is 2.27. The molecule has 4 heteroatoms. The van der Waals surface area contributed by atoms with E-state index < -0.39 is 0 Å². The fraction of sp³-hybridized carbons (Fsp3) is 0.778. The van der Waals surface area contributed by atoms with Crippen molar-refractivity contribution in [2.24, 2.45) is 0 Å². The van der Waals surface area contributed by atoms with Gasteiger partial charge >= 0.3 is 0 Å². The molecule has 0 spiro atoms. The average molecular weight is 201 g/mol. The molecule has 0 atom stereocenters. The lowest BCUT2D eigenvalue weighted by Crippen LogP contribution is -2.38. The molecule has 0 aromatic carbocycles. The van der Waals surface area contributed by atoms with Crippen molar-refractivity contribution in [3.8, 4) is 0 Å². The van der Waals surface area contributed by atoms with Crippen LogP contribution in [0.2, 0.25) is 0 Å². The molecule has 13 heavy (non-hydrogen) atoms. The summed E-state index contributed by atoms with van der Waals surface area (Å²) in [5, 5.41) is 0. The quantitative estimate of drug-likeness (QED) is 0.681. The Bertz CT molecular complexity index is 196. The van der Waals surface area contributed by atoms with Crippen LogP contribution in [-0.4, -0.2) is 41.7 Å². The molecular formula is C9H15NO2S. The van der Waals surface area contributed by atoms with E-state index in [4.69, 9.17) is 0 Å². The van der Waals surface area contributed by atoms with E-state index in [1.54, 1.807) is 16.7 Å². The maximum absolute atomic E-state index is 11.5. The van der Waals surface area contributed by atoms with Crippen molar-refractivity contribution in [3.63, 3.8) is 0 Å². The van der Waals surface area contributed by atoms with Gasteiger partial charge in [0, 0.05) is 38.1 Å². The largest absolute Gasteiger partial charge is 0.342 e. The van der Waals surface area contributed by atoms with Gasteiger partial charge in [-0.3, -0.25) is 9.59 Å². The number of thioether (sulfide) groups is 1. The molecule has 1 saturated heterocycles. The minimum Gasteiger partial charge on any atom is -0.342 e. The van der Waals surface area contributed by atoms with Crippen molar-refractivity contribution in [2.45, 2.75) is 19.3 Å². The SMILES string of the molecule is CSCCC(=O)N1CCC(=O)CC1. The molecule has 1 amide bonds. The standard InChI is InChI=1S/C9H15NO2S/c1-13-7-4-9(12)10-5-2-8(11)3-6-10/h2-7H2,1H3. The van der Waals surface area contributed by atoms with Crippen LogP contribution in [0.25, 0.3) is 0 Å². The molecule has 1 aliphatic rings. The first kappa shape index (κ1) is 10.6. The molecule has 0 aromatic heterocycles. The van der Waals surface area contributed by atoms with Crippen molar-refractivity contribution in [3.05, 3.63) is 0 Å². The molecule has 0 N–H and O–H groups in total. The van der Waals surface area contributed by atoms with Gasteiger partial charge in [0.05, 0.1) is 0 Å². The number of Topliss-reactive ketones (excluding diaryl/α,β-unsaturated/α-hetero) is 1. The van der Waals surface area contributed by atoms with Crippen LogP contribution in [0.15, 0.2) is 0 Å². The van der Waals surface area contributed by atoms with E-state index in [1.165, 1.54) is 0 Å². The molecule has 74 valence electrons. The van der Waals surface area contributed by atoms with E-state index in [9.17, 15) is 9.59 Å². The van der Waals surface area contributed by atoms with Crippen LogP contribution in [0, 0.1) is 0 Å². The maximum atomic E-state index is 11.5. The zero-order valence-electron chi connectivity index (χ0n) is 7.91. The number of likely N-dealkylation sites (tertiary alicyclic amines) is 1. The van der Waals surface area contributed by atoms with E-state index in [0.717, 1.165) is 5.75 Å². The van der Waals surface area contributed by atoms with Crippen LogP contribution >= 0.6 is 11.8 Å². The Morgan fingerprint density at radius 2 is 2.08 bits per heavy atom. The Hall–Kier alpha value is -0.510. The minimum atomic E-state index is 0.196. The van der Waals surface area contributed by atoms with Crippen LogP contribution in [0.1, 0.15) is 19.3 Å². The van der Waals surface area contributed by atoms with Gasteiger partial charge in [0.2, 0.25) is 5.91 Å². The van der Waals surface area contributed by atoms with Gasteiger partial charge in [0.25, 0.3) is 0 Å². The highest BCUT2D eigenvalue weighted by atomic mass is 32.2. The summed E-state index contributed by atoms with van der Waals surface area (Å²) in [7, 11) is 0. The van der Waals surface area contributed by atoms with Crippen LogP contribution in [0.5, 0.6) is 0 Å². The number of carbonyl (C=O) groups excluding carboxylic acids is 2. The number of hydrogen-bond donors (Lipinski definition) is 0. The monoisotopic (exact) mass is 201 g/mol. The second-order valence-electron chi connectivity index (χ2n) is 3.16. The molecule has 1 aliphatic heterocycles. The number of piperidine rings is 1. The number of ketones is 1. The predicted octanol–water partition coefficient (Wildman–Crippen LogP) is 0.931. The van der Waals surface area contributed by atoms with Gasteiger partial charge in [-0.25, -0.2) is 0 Å². The normalized spacial score (nSPS) is 17.6.